The Labute approximate surface area is 83.1 Å². The molecule has 0 aromatic heterocycles. The lowest BCUT2D eigenvalue weighted by atomic mass is 9.78. The number of rotatable bonds is 4. The molecule has 0 nitrogen and oxygen atoms in total. The molecule has 75 valence electrons. The molecule has 1 radical (unpaired) electrons. The van der Waals surface area contributed by atoms with Crippen LogP contribution < -0.4 is 0 Å². The molecule has 2 fully saturated rings. The molecule has 1 atom stereocenters. The number of hydrogen-bond donors (Lipinski definition) is 0. The van der Waals surface area contributed by atoms with E-state index in [2.05, 4.69) is 6.92 Å². The summed E-state index contributed by atoms with van der Waals surface area (Å²) in [6.07, 6.45) is 13.3. The van der Waals surface area contributed by atoms with E-state index in [0.717, 1.165) is 17.8 Å². The molecule has 0 amide bonds. The standard InChI is InChI=1S/C13H23/c1-11(13-7-2-3-8-13)9-10-12-5-4-6-12/h11-13H,1-10H2. The minimum atomic E-state index is 0.781. The summed E-state index contributed by atoms with van der Waals surface area (Å²) in [5.41, 5.74) is 0. The van der Waals surface area contributed by atoms with Crippen LogP contribution in [0.3, 0.4) is 0 Å². The van der Waals surface area contributed by atoms with Crippen molar-refractivity contribution in [1.82, 2.24) is 0 Å². The lowest BCUT2D eigenvalue weighted by molar-refractivity contribution is 0.257. The van der Waals surface area contributed by atoms with Crippen LogP contribution in [-0.4, -0.2) is 0 Å². The normalized spacial score (nSPS) is 27.5. The monoisotopic (exact) mass is 179 g/mol. The highest BCUT2D eigenvalue weighted by atomic mass is 14.3. The third-order valence-corrected chi connectivity index (χ3v) is 4.24. The van der Waals surface area contributed by atoms with Crippen molar-refractivity contribution < 1.29 is 0 Å². The summed E-state index contributed by atoms with van der Waals surface area (Å²) >= 11 is 0. The summed E-state index contributed by atoms with van der Waals surface area (Å²) in [5.74, 6) is 2.86. The summed E-state index contributed by atoms with van der Waals surface area (Å²) in [7, 11) is 0. The Balaban J connectivity index is 1.62. The van der Waals surface area contributed by atoms with Gasteiger partial charge in [-0.3, -0.25) is 0 Å². The van der Waals surface area contributed by atoms with Gasteiger partial charge in [0, 0.05) is 0 Å². The highest BCUT2D eigenvalue weighted by molar-refractivity contribution is 4.79. The van der Waals surface area contributed by atoms with E-state index in [-0.39, 0.29) is 0 Å². The van der Waals surface area contributed by atoms with Crippen LogP contribution in [0.2, 0.25) is 0 Å². The Hall–Kier alpha value is 0. The van der Waals surface area contributed by atoms with Crippen molar-refractivity contribution in [3.8, 4) is 0 Å². The summed E-state index contributed by atoms with van der Waals surface area (Å²) in [6.45, 7) is 4.35. The van der Waals surface area contributed by atoms with Crippen LogP contribution in [0, 0.1) is 24.7 Å². The van der Waals surface area contributed by atoms with Gasteiger partial charge in [0.2, 0.25) is 0 Å². The van der Waals surface area contributed by atoms with Gasteiger partial charge in [0.05, 0.1) is 0 Å². The van der Waals surface area contributed by atoms with Gasteiger partial charge in [-0.25, -0.2) is 0 Å². The van der Waals surface area contributed by atoms with Crippen LogP contribution in [0.15, 0.2) is 0 Å². The predicted molar refractivity (Wildman–Crippen MR) is 57.4 cm³/mol. The second-order valence-electron chi connectivity index (χ2n) is 5.18. The smallest absolute Gasteiger partial charge is 0.0386 e. The molecule has 0 heterocycles. The molecule has 1 unspecified atom stereocenters. The Bertz CT molecular complexity index is 140. The highest BCUT2D eigenvalue weighted by Gasteiger charge is 2.23. The maximum Gasteiger partial charge on any atom is -0.0386 e. The predicted octanol–water partition coefficient (Wildman–Crippen LogP) is 4.21. The minimum Gasteiger partial charge on any atom is -0.0530 e. The Morgan fingerprint density at radius 3 is 2.23 bits per heavy atom. The second kappa shape index (κ2) is 4.48. The molecule has 2 rings (SSSR count). The third-order valence-electron chi connectivity index (χ3n) is 4.24. The van der Waals surface area contributed by atoms with Gasteiger partial charge in [0.15, 0.2) is 0 Å². The summed E-state index contributed by atoms with van der Waals surface area (Å²) in [4.78, 5) is 0. The fourth-order valence-electron chi connectivity index (χ4n) is 2.90. The van der Waals surface area contributed by atoms with Gasteiger partial charge in [-0.15, -0.1) is 0 Å². The minimum absolute atomic E-state index is 0.781. The van der Waals surface area contributed by atoms with Gasteiger partial charge < -0.3 is 0 Å². The molecule has 0 aromatic rings. The molecule has 0 aliphatic heterocycles. The molecule has 13 heavy (non-hydrogen) atoms. The van der Waals surface area contributed by atoms with E-state index >= 15 is 0 Å². The van der Waals surface area contributed by atoms with Crippen LogP contribution in [0.5, 0.6) is 0 Å². The lowest BCUT2D eigenvalue weighted by Crippen LogP contribution is -2.15. The maximum atomic E-state index is 4.35. The van der Waals surface area contributed by atoms with Crippen molar-refractivity contribution in [3.63, 3.8) is 0 Å². The van der Waals surface area contributed by atoms with Gasteiger partial charge >= 0.3 is 0 Å². The fourth-order valence-corrected chi connectivity index (χ4v) is 2.90. The average molecular weight is 179 g/mol. The van der Waals surface area contributed by atoms with Crippen LogP contribution in [0.1, 0.15) is 57.8 Å². The van der Waals surface area contributed by atoms with Crippen LogP contribution in [-0.2, 0) is 0 Å². The lowest BCUT2D eigenvalue weighted by Gasteiger charge is -2.28. The fraction of sp³-hybridized carbons (Fsp3) is 0.923. The van der Waals surface area contributed by atoms with Crippen LogP contribution in [0.4, 0.5) is 0 Å². The number of hydrogen-bond acceptors (Lipinski definition) is 0. The molecule has 2 aliphatic rings. The second-order valence-corrected chi connectivity index (χ2v) is 5.18. The molecular weight excluding hydrogens is 156 g/mol. The summed E-state index contributed by atoms with van der Waals surface area (Å²) in [5, 5.41) is 0. The zero-order valence-electron chi connectivity index (χ0n) is 8.80. The molecule has 0 saturated heterocycles. The molecule has 0 heteroatoms. The van der Waals surface area contributed by atoms with E-state index in [9.17, 15) is 0 Å². The van der Waals surface area contributed by atoms with Crippen molar-refractivity contribution in [1.29, 1.82) is 0 Å². The molecule has 0 N–H and O–H groups in total. The van der Waals surface area contributed by atoms with Gasteiger partial charge in [-0.05, 0) is 31.1 Å². The van der Waals surface area contributed by atoms with Crippen molar-refractivity contribution in [2.24, 2.45) is 17.8 Å². The maximum absolute atomic E-state index is 4.35. The molecule has 2 saturated carbocycles. The van der Waals surface area contributed by atoms with Crippen molar-refractivity contribution in [2.75, 3.05) is 0 Å². The summed E-state index contributed by atoms with van der Waals surface area (Å²) in [6, 6.07) is 0. The van der Waals surface area contributed by atoms with E-state index in [4.69, 9.17) is 0 Å². The molecule has 0 spiro atoms. The molecule has 2 aliphatic carbocycles. The van der Waals surface area contributed by atoms with Crippen LogP contribution >= 0.6 is 0 Å². The van der Waals surface area contributed by atoms with Gasteiger partial charge in [-0.1, -0.05) is 51.4 Å². The quantitative estimate of drug-likeness (QED) is 0.606. The topological polar surface area (TPSA) is 0 Å². The van der Waals surface area contributed by atoms with Gasteiger partial charge in [0.25, 0.3) is 0 Å². The molecule has 0 aromatic carbocycles. The van der Waals surface area contributed by atoms with Crippen molar-refractivity contribution in [3.05, 3.63) is 6.92 Å². The SMILES string of the molecule is [CH2]C(CCC1CCC1)C1CCCC1. The zero-order chi connectivity index (χ0) is 9.10. The Morgan fingerprint density at radius 1 is 1.00 bits per heavy atom. The van der Waals surface area contributed by atoms with Gasteiger partial charge in [0.1, 0.15) is 0 Å². The average Bonchev–Trinajstić information content (AvgIpc) is 2.52. The van der Waals surface area contributed by atoms with E-state index in [1.54, 1.807) is 0 Å². The van der Waals surface area contributed by atoms with Crippen molar-refractivity contribution >= 4 is 0 Å². The zero-order valence-corrected chi connectivity index (χ0v) is 8.80. The first kappa shape index (κ1) is 9.55. The van der Waals surface area contributed by atoms with E-state index in [1.807, 2.05) is 0 Å². The molecular formula is C13H23. The Morgan fingerprint density at radius 2 is 1.69 bits per heavy atom. The first-order valence-corrected chi connectivity index (χ1v) is 6.19. The highest BCUT2D eigenvalue weighted by Crippen LogP contribution is 2.37. The first-order chi connectivity index (χ1) is 6.36. The van der Waals surface area contributed by atoms with Crippen molar-refractivity contribution in [2.45, 2.75) is 57.8 Å². The largest absolute Gasteiger partial charge is 0.0530 e. The van der Waals surface area contributed by atoms with E-state index < -0.39 is 0 Å². The van der Waals surface area contributed by atoms with E-state index in [1.165, 1.54) is 57.8 Å². The van der Waals surface area contributed by atoms with E-state index in [0.29, 0.717) is 0 Å². The summed E-state index contributed by atoms with van der Waals surface area (Å²) < 4.78 is 0. The van der Waals surface area contributed by atoms with Crippen LogP contribution in [0.25, 0.3) is 0 Å². The Kier molecular flexibility index (Phi) is 3.29. The molecule has 0 bridgehead atoms. The third kappa shape index (κ3) is 2.48. The van der Waals surface area contributed by atoms with Gasteiger partial charge in [-0.2, -0.15) is 0 Å². The first-order valence-electron chi connectivity index (χ1n) is 6.19.